The number of aromatic amines is 1. The molecule has 0 aliphatic heterocycles. The molecule has 23 heavy (non-hydrogen) atoms. The zero-order valence-electron chi connectivity index (χ0n) is 11.7. The van der Waals surface area contributed by atoms with E-state index in [1.54, 1.807) is 30.5 Å². The van der Waals surface area contributed by atoms with Gasteiger partial charge in [-0.05, 0) is 18.2 Å². The minimum absolute atomic E-state index is 0.0635. The molecular weight excluding hydrogens is 339 g/mol. The molecule has 0 bridgehead atoms. The average molecular weight is 347 g/mol. The maximum atomic E-state index is 12.5. The van der Waals surface area contributed by atoms with Crippen LogP contribution in [-0.2, 0) is 9.59 Å². The summed E-state index contributed by atoms with van der Waals surface area (Å²) in [7, 11) is 1.52. The molecule has 0 saturated heterocycles. The molecule has 1 aliphatic rings. The lowest BCUT2D eigenvalue weighted by molar-refractivity contribution is -0.114. The number of H-pyrrole nitrogens is 1. The highest BCUT2D eigenvalue weighted by Crippen LogP contribution is 2.37. The minimum Gasteiger partial charge on any atom is -0.497 e. The van der Waals surface area contributed by atoms with E-state index in [-0.39, 0.29) is 16.2 Å². The first-order chi connectivity index (χ1) is 11.0. The number of carbonyl (C=O) groups is 2. The Balaban J connectivity index is 2.32. The Morgan fingerprint density at radius 3 is 2.52 bits per heavy atom. The third-order valence-corrected chi connectivity index (χ3v) is 4.38. The van der Waals surface area contributed by atoms with E-state index in [0.29, 0.717) is 16.7 Å². The summed E-state index contributed by atoms with van der Waals surface area (Å²) in [6, 6.07) is 6.97. The van der Waals surface area contributed by atoms with E-state index < -0.39 is 16.6 Å². The van der Waals surface area contributed by atoms with E-state index in [0.717, 1.165) is 5.52 Å². The predicted molar refractivity (Wildman–Crippen MR) is 86.1 cm³/mol. The van der Waals surface area contributed by atoms with Gasteiger partial charge in [0.2, 0.25) is 11.6 Å². The molecule has 0 saturated carbocycles. The maximum absolute atomic E-state index is 12.5. The molecule has 5 nitrogen and oxygen atoms in total. The number of allylic oxidation sites excluding steroid dienone is 4. The Hall–Kier alpha value is -2.55. The monoisotopic (exact) mass is 346 g/mol. The summed E-state index contributed by atoms with van der Waals surface area (Å²) in [5.74, 6) is -0.839. The molecule has 1 aromatic heterocycles. The standard InChI is InChI=1S/C16H8Cl2N2O3/c1-23-7-2-3-11-8(4-7)10(6-20-11)12-9(5-19)15(21)13(17)14(18)16(12)22/h2-4,6,20H,1H3. The SMILES string of the molecule is COc1ccc2[nH]cc(C3=C(C#N)C(=O)C(Cl)=C(Cl)C3=O)c2c1. The number of hydrogen-bond acceptors (Lipinski definition) is 4. The van der Waals surface area contributed by atoms with Gasteiger partial charge in [-0.3, -0.25) is 9.59 Å². The highest BCUT2D eigenvalue weighted by Gasteiger charge is 2.35. The van der Waals surface area contributed by atoms with Crippen LogP contribution in [0.5, 0.6) is 5.75 Å². The lowest BCUT2D eigenvalue weighted by Gasteiger charge is -2.14. The summed E-state index contributed by atoms with van der Waals surface area (Å²) >= 11 is 11.6. The third-order valence-electron chi connectivity index (χ3n) is 3.57. The van der Waals surface area contributed by atoms with Crippen molar-refractivity contribution >= 4 is 51.2 Å². The quantitative estimate of drug-likeness (QED) is 0.845. The summed E-state index contributed by atoms with van der Waals surface area (Å²) < 4.78 is 5.17. The van der Waals surface area contributed by atoms with Crippen molar-refractivity contribution in [2.24, 2.45) is 0 Å². The molecule has 2 aromatic rings. The molecule has 7 heteroatoms. The van der Waals surface area contributed by atoms with Crippen LogP contribution in [-0.4, -0.2) is 23.7 Å². The molecule has 0 spiro atoms. The van der Waals surface area contributed by atoms with E-state index >= 15 is 0 Å². The number of nitrogens with zero attached hydrogens (tertiary/aromatic N) is 1. The average Bonchev–Trinajstić information content (AvgIpc) is 2.98. The van der Waals surface area contributed by atoms with Gasteiger partial charge in [0, 0.05) is 22.7 Å². The van der Waals surface area contributed by atoms with Crippen LogP contribution in [0, 0.1) is 11.3 Å². The van der Waals surface area contributed by atoms with Crippen LogP contribution in [0.2, 0.25) is 0 Å². The first-order valence-corrected chi connectivity index (χ1v) is 7.19. The summed E-state index contributed by atoms with van der Waals surface area (Å²) in [4.78, 5) is 27.6. The van der Waals surface area contributed by atoms with Gasteiger partial charge in [0.1, 0.15) is 27.5 Å². The first kappa shape index (κ1) is 15.3. The zero-order valence-corrected chi connectivity index (χ0v) is 13.2. The minimum atomic E-state index is -0.758. The largest absolute Gasteiger partial charge is 0.497 e. The number of hydrogen-bond donors (Lipinski definition) is 1. The number of halogens is 2. The second kappa shape index (κ2) is 5.58. The normalized spacial score (nSPS) is 15.4. The zero-order chi connectivity index (χ0) is 16.7. The lowest BCUT2D eigenvalue weighted by Crippen LogP contribution is -2.18. The molecule has 1 aromatic carbocycles. The Bertz CT molecular complexity index is 977. The van der Waals surface area contributed by atoms with Crippen molar-refractivity contribution in [3.05, 3.63) is 45.6 Å². The van der Waals surface area contributed by atoms with Crippen LogP contribution in [0.1, 0.15) is 5.56 Å². The second-order valence-electron chi connectivity index (χ2n) is 4.76. The van der Waals surface area contributed by atoms with E-state index in [9.17, 15) is 14.9 Å². The number of methoxy groups -OCH3 is 1. The third kappa shape index (κ3) is 2.24. The number of aromatic nitrogens is 1. The number of fused-ring (bicyclic) bond motifs is 1. The fraction of sp³-hybridized carbons (Fsp3) is 0.0625. The van der Waals surface area contributed by atoms with Crippen molar-refractivity contribution in [1.82, 2.24) is 4.98 Å². The van der Waals surface area contributed by atoms with Gasteiger partial charge in [0.05, 0.1) is 12.7 Å². The van der Waals surface area contributed by atoms with Gasteiger partial charge in [0.15, 0.2) is 0 Å². The summed E-state index contributed by atoms with van der Waals surface area (Å²) in [5, 5.41) is 9.10. The molecule has 0 unspecified atom stereocenters. The van der Waals surface area contributed by atoms with Gasteiger partial charge >= 0.3 is 0 Å². The number of benzene rings is 1. The first-order valence-electron chi connectivity index (χ1n) is 6.44. The molecule has 1 N–H and O–H groups in total. The molecule has 0 amide bonds. The summed E-state index contributed by atoms with van der Waals surface area (Å²) in [6.07, 6.45) is 1.55. The van der Waals surface area contributed by atoms with Crippen LogP contribution in [0.25, 0.3) is 16.5 Å². The van der Waals surface area contributed by atoms with Crippen LogP contribution >= 0.6 is 23.2 Å². The molecule has 1 aliphatic carbocycles. The van der Waals surface area contributed by atoms with Crippen LogP contribution in [0.15, 0.2) is 40.0 Å². The van der Waals surface area contributed by atoms with Crippen molar-refractivity contribution < 1.29 is 14.3 Å². The number of carbonyl (C=O) groups excluding carboxylic acids is 2. The van der Waals surface area contributed by atoms with Crippen molar-refractivity contribution in [2.45, 2.75) is 0 Å². The number of Topliss-reactive ketones (excluding diaryl/α,β-unsaturated/α-hetero) is 2. The van der Waals surface area contributed by atoms with Crippen molar-refractivity contribution in [2.75, 3.05) is 7.11 Å². The molecule has 0 fully saturated rings. The molecule has 114 valence electrons. The lowest BCUT2D eigenvalue weighted by atomic mass is 9.89. The molecule has 1 heterocycles. The van der Waals surface area contributed by atoms with E-state index in [4.69, 9.17) is 27.9 Å². The highest BCUT2D eigenvalue weighted by molar-refractivity contribution is 6.63. The number of nitrogens with one attached hydrogen (secondary N) is 1. The molecule has 0 atom stereocenters. The van der Waals surface area contributed by atoms with Gasteiger partial charge in [-0.25, -0.2) is 0 Å². The second-order valence-corrected chi connectivity index (χ2v) is 5.52. The predicted octanol–water partition coefficient (Wildman–Crippen LogP) is 3.29. The number of rotatable bonds is 2. The molecule has 3 rings (SSSR count). The number of nitriles is 1. The highest BCUT2D eigenvalue weighted by atomic mass is 35.5. The van der Waals surface area contributed by atoms with Crippen molar-refractivity contribution in [1.29, 1.82) is 5.26 Å². The van der Waals surface area contributed by atoms with Gasteiger partial charge in [-0.2, -0.15) is 5.26 Å². The number of ether oxygens (including phenoxy) is 1. The van der Waals surface area contributed by atoms with Crippen molar-refractivity contribution in [3.63, 3.8) is 0 Å². The smallest absolute Gasteiger partial charge is 0.217 e. The van der Waals surface area contributed by atoms with Gasteiger partial charge in [0.25, 0.3) is 0 Å². The summed E-state index contributed by atoms with van der Waals surface area (Å²) in [5.41, 5.74) is 0.734. The van der Waals surface area contributed by atoms with Crippen LogP contribution < -0.4 is 4.74 Å². The van der Waals surface area contributed by atoms with E-state index in [2.05, 4.69) is 4.98 Å². The topological polar surface area (TPSA) is 82.9 Å². The Morgan fingerprint density at radius 1 is 1.17 bits per heavy atom. The van der Waals surface area contributed by atoms with Gasteiger partial charge in [-0.15, -0.1) is 0 Å². The van der Waals surface area contributed by atoms with Gasteiger partial charge in [-0.1, -0.05) is 23.2 Å². The van der Waals surface area contributed by atoms with Gasteiger partial charge < -0.3 is 9.72 Å². The van der Waals surface area contributed by atoms with E-state index in [1.807, 2.05) is 0 Å². The summed E-state index contributed by atoms with van der Waals surface area (Å²) in [6.45, 7) is 0. The fourth-order valence-corrected chi connectivity index (χ4v) is 2.80. The molecular formula is C16H8Cl2N2O3. The van der Waals surface area contributed by atoms with E-state index in [1.165, 1.54) is 7.11 Å². The maximum Gasteiger partial charge on any atom is 0.217 e. The molecule has 0 radical (unpaired) electrons. The number of ketones is 2. The Labute approximate surface area is 140 Å². The Morgan fingerprint density at radius 2 is 1.87 bits per heavy atom. The fourth-order valence-electron chi connectivity index (χ4n) is 2.44. The van der Waals surface area contributed by atoms with Crippen LogP contribution in [0.3, 0.4) is 0 Å². The van der Waals surface area contributed by atoms with Crippen molar-refractivity contribution in [3.8, 4) is 11.8 Å². The van der Waals surface area contributed by atoms with Crippen LogP contribution in [0.4, 0.5) is 0 Å². The Kier molecular flexibility index (Phi) is 3.72.